The van der Waals surface area contributed by atoms with Crippen LogP contribution in [-0.4, -0.2) is 23.9 Å². The summed E-state index contributed by atoms with van der Waals surface area (Å²) in [4.78, 5) is 14.2. The lowest BCUT2D eigenvalue weighted by Crippen LogP contribution is -2.39. The van der Waals surface area contributed by atoms with Crippen LogP contribution in [0.15, 0.2) is 42.5 Å². The van der Waals surface area contributed by atoms with E-state index in [0.717, 1.165) is 5.56 Å². The van der Waals surface area contributed by atoms with Crippen LogP contribution in [-0.2, 0) is 11.3 Å². The Morgan fingerprint density at radius 1 is 1.22 bits per heavy atom. The van der Waals surface area contributed by atoms with Gasteiger partial charge in [0.15, 0.2) is 0 Å². The summed E-state index contributed by atoms with van der Waals surface area (Å²) in [5.41, 5.74) is 1.34. The smallest absolute Gasteiger partial charge is 0.241 e. The molecule has 0 fully saturated rings. The first-order valence-electron chi connectivity index (χ1n) is 7.07. The molecule has 0 saturated carbocycles. The minimum atomic E-state index is -0.406. The van der Waals surface area contributed by atoms with Crippen molar-refractivity contribution in [2.45, 2.75) is 19.5 Å². The predicted octanol–water partition coefficient (Wildman–Crippen LogP) is 4.59. The van der Waals surface area contributed by atoms with E-state index in [2.05, 4.69) is 5.32 Å². The van der Waals surface area contributed by atoms with Gasteiger partial charge in [0.1, 0.15) is 5.82 Å². The highest BCUT2D eigenvalue weighted by Gasteiger charge is 2.18. The molecule has 1 amide bonds. The maximum absolute atomic E-state index is 13.2. The van der Waals surface area contributed by atoms with Crippen LogP contribution in [0.1, 0.15) is 12.5 Å². The second-order valence-corrected chi connectivity index (χ2v) is 6.24. The summed E-state index contributed by atoms with van der Waals surface area (Å²) in [7, 11) is 1.81. The Kier molecular flexibility index (Phi) is 5.99. The van der Waals surface area contributed by atoms with Gasteiger partial charge in [-0.1, -0.05) is 35.3 Å². The molecule has 23 heavy (non-hydrogen) atoms. The van der Waals surface area contributed by atoms with Crippen molar-refractivity contribution in [2.75, 3.05) is 12.4 Å². The molecule has 0 aromatic heterocycles. The van der Waals surface area contributed by atoms with E-state index >= 15 is 0 Å². The number of carbonyl (C=O) groups is 1. The van der Waals surface area contributed by atoms with Crippen LogP contribution >= 0.6 is 23.2 Å². The van der Waals surface area contributed by atoms with Crippen LogP contribution < -0.4 is 5.32 Å². The molecular formula is C17H17Cl2FN2O. The fraction of sp³-hybridized carbons (Fsp3) is 0.235. The Morgan fingerprint density at radius 3 is 2.48 bits per heavy atom. The van der Waals surface area contributed by atoms with Gasteiger partial charge in [-0.05, 0) is 49.9 Å². The van der Waals surface area contributed by atoms with Gasteiger partial charge in [0.2, 0.25) is 5.91 Å². The number of rotatable bonds is 5. The average Bonchev–Trinajstić information content (AvgIpc) is 2.45. The molecule has 0 aliphatic carbocycles. The Labute approximate surface area is 145 Å². The van der Waals surface area contributed by atoms with E-state index in [1.165, 1.54) is 12.1 Å². The number of anilines is 1. The van der Waals surface area contributed by atoms with Crippen LogP contribution in [0.2, 0.25) is 10.0 Å². The molecule has 0 unspecified atom stereocenters. The van der Waals surface area contributed by atoms with Gasteiger partial charge < -0.3 is 5.32 Å². The zero-order valence-electron chi connectivity index (χ0n) is 12.8. The summed E-state index contributed by atoms with van der Waals surface area (Å²) in [6, 6.07) is 10.8. The molecular weight excluding hydrogens is 338 g/mol. The third-order valence-electron chi connectivity index (χ3n) is 3.49. The number of carbonyl (C=O) groups excluding carboxylic acids is 1. The van der Waals surface area contributed by atoms with Crippen molar-refractivity contribution in [1.82, 2.24) is 4.90 Å². The van der Waals surface area contributed by atoms with Crippen molar-refractivity contribution < 1.29 is 9.18 Å². The van der Waals surface area contributed by atoms with Crippen molar-refractivity contribution in [3.8, 4) is 0 Å². The van der Waals surface area contributed by atoms with E-state index in [0.29, 0.717) is 22.3 Å². The van der Waals surface area contributed by atoms with Gasteiger partial charge in [0.05, 0.1) is 6.04 Å². The Balaban J connectivity index is 2.00. The summed E-state index contributed by atoms with van der Waals surface area (Å²) in [5, 5.41) is 3.68. The van der Waals surface area contributed by atoms with E-state index in [1.807, 2.05) is 11.0 Å². The number of likely N-dealkylation sites (N-methyl/N-ethyl adjacent to an activating group) is 1. The normalized spacial score (nSPS) is 12.3. The second-order valence-electron chi connectivity index (χ2n) is 5.37. The summed E-state index contributed by atoms with van der Waals surface area (Å²) >= 11 is 11.8. The van der Waals surface area contributed by atoms with Gasteiger partial charge in [-0.3, -0.25) is 9.69 Å². The molecule has 2 aromatic carbocycles. The number of benzene rings is 2. The highest BCUT2D eigenvalue weighted by molar-refractivity contribution is 6.35. The molecule has 0 spiro atoms. The monoisotopic (exact) mass is 354 g/mol. The molecule has 0 heterocycles. The summed E-state index contributed by atoms with van der Waals surface area (Å²) in [6.45, 7) is 2.24. The van der Waals surface area contributed by atoms with E-state index < -0.39 is 6.04 Å². The van der Waals surface area contributed by atoms with E-state index in [9.17, 15) is 9.18 Å². The SMILES string of the molecule is C[C@H](C(=O)Nc1cc(Cl)cc(Cl)c1)N(C)Cc1cccc(F)c1. The van der Waals surface area contributed by atoms with Crippen molar-refractivity contribution in [3.63, 3.8) is 0 Å². The molecule has 122 valence electrons. The van der Waals surface area contributed by atoms with Crippen molar-refractivity contribution in [3.05, 3.63) is 63.9 Å². The van der Waals surface area contributed by atoms with E-state index in [-0.39, 0.29) is 11.7 Å². The number of nitrogens with one attached hydrogen (secondary N) is 1. The molecule has 6 heteroatoms. The third kappa shape index (κ3) is 5.20. The standard InChI is InChI=1S/C17H17Cl2FN2O/c1-11(22(2)10-12-4-3-5-15(20)6-12)17(23)21-16-8-13(18)7-14(19)9-16/h3-9,11H,10H2,1-2H3,(H,21,23)/t11-/m1/s1. The zero-order valence-corrected chi connectivity index (χ0v) is 14.3. The minimum Gasteiger partial charge on any atom is -0.325 e. The number of amides is 1. The first kappa shape index (κ1) is 17.7. The minimum absolute atomic E-state index is 0.192. The van der Waals surface area contributed by atoms with Crippen LogP contribution in [0.5, 0.6) is 0 Å². The van der Waals surface area contributed by atoms with Gasteiger partial charge in [0, 0.05) is 22.3 Å². The molecule has 0 radical (unpaired) electrons. The van der Waals surface area contributed by atoms with Gasteiger partial charge in [-0.2, -0.15) is 0 Å². The van der Waals surface area contributed by atoms with Crippen LogP contribution in [0.25, 0.3) is 0 Å². The molecule has 1 N–H and O–H groups in total. The Hall–Kier alpha value is -1.62. The fourth-order valence-corrected chi connectivity index (χ4v) is 2.66. The molecule has 2 aromatic rings. The fourth-order valence-electron chi connectivity index (χ4n) is 2.13. The van der Waals surface area contributed by atoms with E-state index in [4.69, 9.17) is 23.2 Å². The molecule has 0 bridgehead atoms. The number of halogens is 3. The highest BCUT2D eigenvalue weighted by Crippen LogP contribution is 2.22. The summed E-state index contributed by atoms with van der Waals surface area (Å²) in [6.07, 6.45) is 0. The van der Waals surface area contributed by atoms with Crippen LogP contribution in [0.3, 0.4) is 0 Å². The lowest BCUT2D eigenvalue weighted by molar-refractivity contribution is -0.120. The highest BCUT2D eigenvalue weighted by atomic mass is 35.5. The third-order valence-corrected chi connectivity index (χ3v) is 3.93. The molecule has 1 atom stereocenters. The Morgan fingerprint density at radius 2 is 1.87 bits per heavy atom. The van der Waals surface area contributed by atoms with E-state index in [1.54, 1.807) is 38.2 Å². The molecule has 0 saturated heterocycles. The lowest BCUT2D eigenvalue weighted by atomic mass is 10.2. The van der Waals surface area contributed by atoms with Crippen molar-refractivity contribution >= 4 is 34.8 Å². The van der Waals surface area contributed by atoms with Gasteiger partial charge >= 0.3 is 0 Å². The average molecular weight is 355 g/mol. The molecule has 3 nitrogen and oxygen atoms in total. The molecule has 0 aliphatic heterocycles. The van der Waals surface area contributed by atoms with Crippen molar-refractivity contribution in [2.24, 2.45) is 0 Å². The topological polar surface area (TPSA) is 32.3 Å². The van der Waals surface area contributed by atoms with Crippen LogP contribution in [0.4, 0.5) is 10.1 Å². The van der Waals surface area contributed by atoms with Gasteiger partial charge in [-0.25, -0.2) is 4.39 Å². The van der Waals surface area contributed by atoms with Crippen LogP contribution in [0, 0.1) is 5.82 Å². The lowest BCUT2D eigenvalue weighted by Gasteiger charge is -2.24. The predicted molar refractivity (Wildman–Crippen MR) is 92.4 cm³/mol. The number of hydrogen-bond acceptors (Lipinski definition) is 2. The summed E-state index contributed by atoms with van der Waals surface area (Å²) < 4.78 is 13.2. The van der Waals surface area contributed by atoms with Gasteiger partial charge in [0.25, 0.3) is 0 Å². The first-order chi connectivity index (χ1) is 10.8. The Bertz CT molecular complexity index is 688. The van der Waals surface area contributed by atoms with Gasteiger partial charge in [-0.15, -0.1) is 0 Å². The largest absolute Gasteiger partial charge is 0.325 e. The maximum Gasteiger partial charge on any atom is 0.241 e. The quantitative estimate of drug-likeness (QED) is 0.851. The zero-order chi connectivity index (χ0) is 17.0. The summed E-state index contributed by atoms with van der Waals surface area (Å²) in [5.74, 6) is -0.483. The molecule has 0 aliphatic rings. The number of hydrogen-bond donors (Lipinski definition) is 1. The number of nitrogens with zero attached hydrogens (tertiary/aromatic N) is 1. The molecule has 2 rings (SSSR count). The maximum atomic E-state index is 13.2. The van der Waals surface area contributed by atoms with Crippen molar-refractivity contribution in [1.29, 1.82) is 0 Å². The second kappa shape index (κ2) is 7.77. The first-order valence-corrected chi connectivity index (χ1v) is 7.82.